The van der Waals surface area contributed by atoms with Crippen LogP contribution in [0, 0.1) is 0 Å². The Balaban J connectivity index is 2.29. The third-order valence-corrected chi connectivity index (χ3v) is 3.18. The van der Waals surface area contributed by atoms with Crippen molar-refractivity contribution in [1.29, 1.82) is 0 Å². The second-order valence-electron chi connectivity index (χ2n) is 4.32. The zero-order valence-electron chi connectivity index (χ0n) is 10.1. The quantitative estimate of drug-likeness (QED) is 0.809. The molecule has 0 saturated heterocycles. The van der Waals surface area contributed by atoms with Gasteiger partial charge in [-0.1, -0.05) is 12.1 Å². The number of aliphatic hydroxyl groups is 1. The summed E-state index contributed by atoms with van der Waals surface area (Å²) in [4.78, 5) is 11.0. The van der Waals surface area contributed by atoms with Gasteiger partial charge in [0.1, 0.15) is 5.75 Å². The van der Waals surface area contributed by atoms with E-state index in [2.05, 4.69) is 5.32 Å². The summed E-state index contributed by atoms with van der Waals surface area (Å²) in [5.74, 6) is 0.697. The van der Waals surface area contributed by atoms with Gasteiger partial charge in [0.25, 0.3) is 0 Å². The Morgan fingerprint density at radius 3 is 2.94 bits per heavy atom. The molecule has 0 unspecified atom stereocenters. The van der Waals surface area contributed by atoms with Gasteiger partial charge in [0.15, 0.2) is 0 Å². The molecule has 2 rings (SSSR count). The maximum Gasteiger partial charge on any atom is 0.217 e. The lowest BCUT2D eigenvalue weighted by atomic mass is 9.85. The summed E-state index contributed by atoms with van der Waals surface area (Å²) in [5, 5.41) is 13.0. The molecule has 0 bridgehead atoms. The van der Waals surface area contributed by atoms with Gasteiger partial charge < -0.3 is 15.2 Å². The lowest BCUT2D eigenvalue weighted by molar-refractivity contribution is -0.120. The van der Waals surface area contributed by atoms with E-state index < -0.39 is 6.10 Å². The van der Waals surface area contributed by atoms with Crippen molar-refractivity contribution in [3.63, 3.8) is 0 Å². The molecule has 1 aliphatic rings. The highest BCUT2D eigenvalue weighted by Crippen LogP contribution is 2.35. The molecule has 0 fully saturated rings. The Bertz CT molecular complexity index is 431. The average Bonchev–Trinajstić information content (AvgIpc) is 2.31. The second kappa shape index (κ2) is 4.75. The van der Waals surface area contributed by atoms with Crippen molar-refractivity contribution in [2.45, 2.75) is 31.9 Å². The van der Waals surface area contributed by atoms with Crippen LogP contribution in [0.2, 0.25) is 0 Å². The highest BCUT2D eigenvalue weighted by molar-refractivity contribution is 5.73. The number of rotatable bonds is 2. The first kappa shape index (κ1) is 11.9. The maximum atomic E-state index is 11.0. The second-order valence-corrected chi connectivity index (χ2v) is 4.32. The number of hydrogen-bond acceptors (Lipinski definition) is 3. The van der Waals surface area contributed by atoms with Crippen molar-refractivity contribution in [2.24, 2.45) is 0 Å². The molecule has 17 heavy (non-hydrogen) atoms. The molecule has 0 saturated carbocycles. The van der Waals surface area contributed by atoms with E-state index in [-0.39, 0.29) is 11.9 Å². The van der Waals surface area contributed by atoms with Gasteiger partial charge in [-0.2, -0.15) is 0 Å². The fraction of sp³-hybridized carbons (Fsp3) is 0.462. The van der Waals surface area contributed by atoms with Crippen molar-refractivity contribution in [3.8, 4) is 5.75 Å². The van der Waals surface area contributed by atoms with Crippen LogP contribution in [-0.2, 0) is 11.2 Å². The summed E-state index contributed by atoms with van der Waals surface area (Å²) in [7, 11) is 1.63. The minimum absolute atomic E-state index is 0.111. The minimum Gasteiger partial charge on any atom is -0.496 e. The van der Waals surface area contributed by atoms with Crippen molar-refractivity contribution < 1.29 is 14.6 Å². The van der Waals surface area contributed by atoms with E-state index >= 15 is 0 Å². The molecule has 4 nitrogen and oxygen atoms in total. The van der Waals surface area contributed by atoms with Gasteiger partial charge in [-0.05, 0) is 24.5 Å². The monoisotopic (exact) mass is 235 g/mol. The fourth-order valence-electron chi connectivity index (χ4n) is 2.41. The third-order valence-electron chi connectivity index (χ3n) is 3.18. The van der Waals surface area contributed by atoms with Crippen LogP contribution in [0.15, 0.2) is 18.2 Å². The predicted molar refractivity (Wildman–Crippen MR) is 63.9 cm³/mol. The van der Waals surface area contributed by atoms with Crippen LogP contribution in [0.25, 0.3) is 0 Å². The molecule has 1 aromatic carbocycles. The number of carbonyl (C=O) groups excluding carboxylic acids is 1. The first-order valence-electron chi connectivity index (χ1n) is 5.74. The normalized spacial score (nSPS) is 22.8. The van der Waals surface area contributed by atoms with Crippen LogP contribution in [-0.4, -0.2) is 24.2 Å². The van der Waals surface area contributed by atoms with Gasteiger partial charge in [0.2, 0.25) is 5.91 Å². The van der Waals surface area contributed by atoms with E-state index in [0.29, 0.717) is 0 Å². The van der Waals surface area contributed by atoms with E-state index in [1.165, 1.54) is 6.92 Å². The Labute approximate surface area is 101 Å². The Hall–Kier alpha value is -1.55. The van der Waals surface area contributed by atoms with Crippen LogP contribution in [0.4, 0.5) is 0 Å². The van der Waals surface area contributed by atoms with E-state index in [0.717, 1.165) is 29.7 Å². The lowest BCUT2D eigenvalue weighted by Crippen LogP contribution is -2.40. The van der Waals surface area contributed by atoms with E-state index in [1.54, 1.807) is 7.11 Å². The number of amides is 1. The number of fused-ring (bicyclic) bond motifs is 1. The predicted octanol–water partition coefficient (Wildman–Crippen LogP) is 1.18. The van der Waals surface area contributed by atoms with Crippen molar-refractivity contribution >= 4 is 5.91 Å². The number of carbonyl (C=O) groups is 1. The molecule has 0 radical (unpaired) electrons. The van der Waals surface area contributed by atoms with Crippen LogP contribution in [0.5, 0.6) is 5.75 Å². The van der Waals surface area contributed by atoms with Crippen LogP contribution < -0.4 is 10.1 Å². The topological polar surface area (TPSA) is 58.6 Å². The van der Waals surface area contributed by atoms with Gasteiger partial charge in [-0.15, -0.1) is 0 Å². The van der Waals surface area contributed by atoms with Crippen molar-refractivity contribution in [3.05, 3.63) is 29.3 Å². The molecule has 2 N–H and O–H groups in total. The third kappa shape index (κ3) is 2.26. The summed E-state index contributed by atoms with van der Waals surface area (Å²) in [6.07, 6.45) is 0.882. The smallest absolute Gasteiger partial charge is 0.217 e. The van der Waals surface area contributed by atoms with Gasteiger partial charge in [0, 0.05) is 12.5 Å². The SMILES string of the molecule is COc1cccc2c1CC[C@H](NC(C)=O)[C@H]2O. The standard InChI is InChI=1S/C13H17NO3/c1-8(15)14-11-7-6-9-10(13(11)16)4-3-5-12(9)17-2/h3-5,11,13,16H,6-7H2,1-2H3,(H,14,15)/t11-,13-/m0/s1. The molecule has 92 valence electrons. The number of methoxy groups -OCH3 is 1. The zero-order chi connectivity index (χ0) is 12.4. The van der Waals surface area contributed by atoms with Gasteiger partial charge in [-0.3, -0.25) is 4.79 Å². The molecule has 1 amide bonds. The van der Waals surface area contributed by atoms with Crippen molar-refractivity contribution in [2.75, 3.05) is 7.11 Å². The highest BCUT2D eigenvalue weighted by Gasteiger charge is 2.29. The Morgan fingerprint density at radius 2 is 2.29 bits per heavy atom. The number of benzene rings is 1. The first-order chi connectivity index (χ1) is 8.13. The molecule has 0 aliphatic heterocycles. The molecular formula is C13H17NO3. The van der Waals surface area contributed by atoms with Crippen LogP contribution in [0.3, 0.4) is 0 Å². The summed E-state index contributed by atoms with van der Waals surface area (Å²) in [5.41, 5.74) is 1.90. The largest absolute Gasteiger partial charge is 0.496 e. The lowest BCUT2D eigenvalue weighted by Gasteiger charge is -2.31. The zero-order valence-corrected chi connectivity index (χ0v) is 10.1. The molecule has 0 aromatic heterocycles. The van der Waals surface area contributed by atoms with Crippen molar-refractivity contribution in [1.82, 2.24) is 5.32 Å². The summed E-state index contributed by atoms with van der Waals surface area (Å²) in [6.45, 7) is 1.47. The first-order valence-corrected chi connectivity index (χ1v) is 5.74. The highest BCUT2D eigenvalue weighted by atomic mass is 16.5. The molecule has 0 spiro atoms. The van der Waals surface area contributed by atoms with Gasteiger partial charge >= 0.3 is 0 Å². The number of aliphatic hydroxyl groups excluding tert-OH is 1. The Kier molecular flexibility index (Phi) is 3.33. The van der Waals surface area contributed by atoms with E-state index in [4.69, 9.17) is 4.74 Å². The summed E-state index contributed by atoms with van der Waals surface area (Å²) in [6, 6.07) is 5.43. The van der Waals surface area contributed by atoms with Crippen LogP contribution in [0.1, 0.15) is 30.6 Å². The average molecular weight is 235 g/mol. The van der Waals surface area contributed by atoms with Gasteiger partial charge in [-0.25, -0.2) is 0 Å². The number of hydrogen-bond donors (Lipinski definition) is 2. The number of nitrogens with one attached hydrogen (secondary N) is 1. The maximum absolute atomic E-state index is 11.0. The fourth-order valence-corrected chi connectivity index (χ4v) is 2.41. The molecular weight excluding hydrogens is 218 g/mol. The molecule has 1 aromatic rings. The number of ether oxygens (including phenoxy) is 1. The van der Waals surface area contributed by atoms with E-state index in [1.807, 2.05) is 18.2 Å². The molecule has 2 atom stereocenters. The summed E-state index contributed by atoms with van der Waals surface area (Å²) < 4.78 is 5.28. The summed E-state index contributed by atoms with van der Waals surface area (Å²) >= 11 is 0. The molecule has 0 heterocycles. The Morgan fingerprint density at radius 1 is 1.53 bits per heavy atom. The van der Waals surface area contributed by atoms with Crippen LogP contribution >= 0.6 is 0 Å². The molecule has 1 aliphatic carbocycles. The van der Waals surface area contributed by atoms with Gasteiger partial charge in [0.05, 0.1) is 19.3 Å². The minimum atomic E-state index is -0.655. The molecule has 4 heteroatoms. The van der Waals surface area contributed by atoms with E-state index in [9.17, 15) is 9.90 Å².